The second-order valence-electron chi connectivity index (χ2n) is 4.16. The predicted molar refractivity (Wildman–Crippen MR) is 85.1 cm³/mol. The summed E-state index contributed by atoms with van der Waals surface area (Å²) in [7, 11) is -3.86. The molecule has 8 heteroatoms. The maximum absolute atomic E-state index is 13.7. The normalized spacial score (nSPS) is 13.2. The maximum atomic E-state index is 13.7. The van der Waals surface area contributed by atoms with Crippen LogP contribution in [-0.2, 0) is 10.0 Å². The van der Waals surface area contributed by atoms with Crippen molar-refractivity contribution in [3.05, 3.63) is 29.6 Å². The summed E-state index contributed by atoms with van der Waals surface area (Å²) >= 11 is 6.35. The van der Waals surface area contributed by atoms with Gasteiger partial charge in [0.2, 0.25) is 10.0 Å². The van der Waals surface area contributed by atoms with E-state index in [9.17, 15) is 12.8 Å². The van der Waals surface area contributed by atoms with E-state index in [1.165, 1.54) is 12.1 Å². The van der Waals surface area contributed by atoms with Gasteiger partial charge >= 0.3 is 0 Å². The molecule has 0 bridgehead atoms. The van der Waals surface area contributed by atoms with Gasteiger partial charge in [-0.05, 0) is 24.8 Å². The van der Waals surface area contributed by atoms with Crippen molar-refractivity contribution in [1.29, 1.82) is 0 Å². The summed E-state index contributed by atoms with van der Waals surface area (Å²) in [6, 6.07) is 3.47. The Morgan fingerprint density at radius 2 is 2.20 bits per heavy atom. The highest BCUT2D eigenvalue weighted by Crippen LogP contribution is 2.19. The van der Waals surface area contributed by atoms with Gasteiger partial charge in [-0.15, -0.1) is 0 Å². The number of thioether (sulfide) groups is 1. The average molecular weight is 336 g/mol. The van der Waals surface area contributed by atoms with Crippen molar-refractivity contribution in [3.8, 4) is 0 Å². The van der Waals surface area contributed by atoms with E-state index in [0.29, 0.717) is 5.75 Å². The Morgan fingerprint density at radius 1 is 1.55 bits per heavy atom. The third-order valence-electron chi connectivity index (χ3n) is 2.44. The van der Waals surface area contributed by atoms with Gasteiger partial charge < -0.3 is 5.73 Å². The molecule has 20 heavy (non-hydrogen) atoms. The van der Waals surface area contributed by atoms with Crippen LogP contribution in [0.4, 0.5) is 4.39 Å². The van der Waals surface area contributed by atoms with Gasteiger partial charge in [-0.1, -0.05) is 25.2 Å². The molecular weight excluding hydrogens is 319 g/mol. The lowest BCUT2D eigenvalue weighted by Gasteiger charge is -2.15. The Labute approximate surface area is 128 Å². The molecule has 0 aromatic heterocycles. The summed E-state index contributed by atoms with van der Waals surface area (Å²) < 4.78 is 40.8. The minimum Gasteiger partial charge on any atom is -0.389 e. The number of sulfonamides is 1. The number of thiocarbonyl (C=S) groups is 1. The molecule has 1 atom stereocenters. The Bertz CT molecular complexity index is 590. The molecule has 4 nitrogen and oxygen atoms in total. The molecule has 1 unspecified atom stereocenters. The first-order valence-corrected chi connectivity index (χ1v) is 9.02. The van der Waals surface area contributed by atoms with Gasteiger partial charge in [0, 0.05) is 11.8 Å². The minimum atomic E-state index is -3.86. The molecule has 1 rings (SSSR count). The Hall–Kier alpha value is -0.700. The molecule has 0 saturated heterocycles. The third kappa shape index (κ3) is 4.41. The minimum absolute atomic E-state index is 0.224. The number of nitrogens with one attached hydrogen (secondary N) is 1. The zero-order chi connectivity index (χ0) is 15.3. The van der Waals surface area contributed by atoms with E-state index in [1.807, 2.05) is 6.92 Å². The quantitative estimate of drug-likeness (QED) is 0.744. The highest BCUT2D eigenvalue weighted by molar-refractivity contribution is 7.99. The van der Waals surface area contributed by atoms with Gasteiger partial charge in [-0.2, -0.15) is 11.8 Å². The highest BCUT2D eigenvalue weighted by atomic mass is 32.2. The number of benzene rings is 1. The zero-order valence-electron chi connectivity index (χ0n) is 11.2. The first-order valence-electron chi connectivity index (χ1n) is 5.98. The highest BCUT2D eigenvalue weighted by Gasteiger charge is 2.24. The van der Waals surface area contributed by atoms with Crippen LogP contribution in [0.25, 0.3) is 0 Å². The molecule has 0 heterocycles. The Balaban J connectivity index is 3.10. The molecular formula is C12H17FN2O2S3. The van der Waals surface area contributed by atoms with Gasteiger partial charge in [-0.25, -0.2) is 17.5 Å². The second kappa shape index (κ2) is 7.35. The summed E-state index contributed by atoms with van der Waals surface area (Å²) in [5, 5.41) is 0. The van der Waals surface area contributed by atoms with E-state index in [1.54, 1.807) is 18.7 Å². The lowest BCUT2D eigenvalue weighted by Crippen LogP contribution is -2.35. The molecule has 0 aliphatic rings. The number of nitrogens with two attached hydrogens (primary N) is 1. The van der Waals surface area contributed by atoms with E-state index in [0.717, 1.165) is 11.8 Å². The summed E-state index contributed by atoms with van der Waals surface area (Å²) in [5.41, 5.74) is 5.17. The van der Waals surface area contributed by atoms with E-state index in [2.05, 4.69) is 4.72 Å². The van der Waals surface area contributed by atoms with Crippen LogP contribution in [0.2, 0.25) is 0 Å². The van der Waals surface area contributed by atoms with Gasteiger partial charge in [0.25, 0.3) is 0 Å². The van der Waals surface area contributed by atoms with Crippen LogP contribution >= 0.6 is 24.0 Å². The van der Waals surface area contributed by atoms with Crippen molar-refractivity contribution in [2.24, 2.45) is 5.73 Å². The molecule has 3 N–H and O–H groups in total. The lowest BCUT2D eigenvalue weighted by molar-refractivity contribution is 0.567. The molecule has 0 radical (unpaired) electrons. The van der Waals surface area contributed by atoms with Crippen molar-refractivity contribution >= 4 is 39.0 Å². The standard InChI is InChI=1S/C12H17FN2O2S3/c1-3-19-7-8(2)15-20(16,17)10-6-4-5-9(13)11(10)12(14)18/h4-6,8,15H,3,7H2,1-2H3,(H2,14,18). The smallest absolute Gasteiger partial charge is 0.241 e. The van der Waals surface area contributed by atoms with Crippen molar-refractivity contribution in [2.75, 3.05) is 11.5 Å². The van der Waals surface area contributed by atoms with E-state index >= 15 is 0 Å². The number of rotatable bonds is 7. The summed E-state index contributed by atoms with van der Waals surface area (Å²) in [6.45, 7) is 3.74. The van der Waals surface area contributed by atoms with Crippen LogP contribution in [0.3, 0.4) is 0 Å². The van der Waals surface area contributed by atoms with Crippen LogP contribution < -0.4 is 10.5 Å². The number of halogens is 1. The third-order valence-corrected chi connectivity index (χ3v) is 5.42. The van der Waals surface area contributed by atoms with Crippen LogP contribution in [0.15, 0.2) is 23.1 Å². The molecule has 0 saturated carbocycles. The fraction of sp³-hybridized carbons (Fsp3) is 0.417. The Morgan fingerprint density at radius 3 is 2.75 bits per heavy atom. The summed E-state index contributed by atoms with van der Waals surface area (Å²) in [6.07, 6.45) is 0. The monoisotopic (exact) mass is 336 g/mol. The van der Waals surface area contributed by atoms with E-state index in [4.69, 9.17) is 18.0 Å². The van der Waals surface area contributed by atoms with Crippen molar-refractivity contribution < 1.29 is 12.8 Å². The molecule has 0 amide bonds. The van der Waals surface area contributed by atoms with Crippen LogP contribution in [0.1, 0.15) is 19.4 Å². The molecule has 1 aromatic carbocycles. The van der Waals surface area contributed by atoms with E-state index in [-0.39, 0.29) is 21.5 Å². The fourth-order valence-electron chi connectivity index (χ4n) is 1.62. The van der Waals surface area contributed by atoms with Gasteiger partial charge in [0.1, 0.15) is 10.8 Å². The van der Waals surface area contributed by atoms with Crippen molar-refractivity contribution in [2.45, 2.75) is 24.8 Å². The molecule has 112 valence electrons. The zero-order valence-corrected chi connectivity index (χ0v) is 13.7. The van der Waals surface area contributed by atoms with Crippen LogP contribution in [-0.4, -0.2) is 31.0 Å². The van der Waals surface area contributed by atoms with Crippen LogP contribution in [0, 0.1) is 5.82 Å². The second-order valence-corrected chi connectivity index (χ2v) is 7.60. The van der Waals surface area contributed by atoms with Crippen molar-refractivity contribution in [1.82, 2.24) is 4.72 Å². The first kappa shape index (κ1) is 17.4. The number of hydrogen-bond acceptors (Lipinski definition) is 4. The molecule has 0 spiro atoms. The van der Waals surface area contributed by atoms with E-state index < -0.39 is 15.8 Å². The maximum Gasteiger partial charge on any atom is 0.241 e. The lowest BCUT2D eigenvalue weighted by atomic mass is 10.2. The average Bonchev–Trinajstić information content (AvgIpc) is 2.35. The molecule has 0 aliphatic carbocycles. The Kier molecular flexibility index (Phi) is 6.38. The molecule has 1 aromatic rings. The molecule has 0 fully saturated rings. The summed E-state index contributed by atoms with van der Waals surface area (Å²) in [5.74, 6) is 0.786. The van der Waals surface area contributed by atoms with Gasteiger partial charge in [0.15, 0.2) is 0 Å². The number of hydrogen-bond donors (Lipinski definition) is 2. The SMILES string of the molecule is CCSCC(C)NS(=O)(=O)c1cccc(F)c1C(N)=S. The van der Waals surface area contributed by atoms with Gasteiger partial charge in [0.05, 0.1) is 10.5 Å². The summed E-state index contributed by atoms with van der Waals surface area (Å²) in [4.78, 5) is -0.502. The topological polar surface area (TPSA) is 72.2 Å². The first-order chi connectivity index (χ1) is 9.29. The largest absolute Gasteiger partial charge is 0.389 e. The molecule has 0 aliphatic heterocycles. The predicted octanol–water partition coefficient (Wildman–Crippen LogP) is 1.88. The van der Waals surface area contributed by atoms with Crippen molar-refractivity contribution in [3.63, 3.8) is 0 Å². The fourth-order valence-corrected chi connectivity index (χ4v) is 4.15. The van der Waals surface area contributed by atoms with Gasteiger partial charge in [-0.3, -0.25) is 0 Å². The van der Waals surface area contributed by atoms with Crippen LogP contribution in [0.5, 0.6) is 0 Å².